The molecule has 2 heterocycles. The molecular formula is C14H9IN2O2S. The van der Waals surface area contributed by atoms with Crippen LogP contribution in [0.2, 0.25) is 0 Å². The zero-order valence-electron chi connectivity index (χ0n) is 10.2. The van der Waals surface area contributed by atoms with E-state index in [1.165, 1.54) is 16.3 Å². The largest absolute Gasteiger partial charge is 0.282 e. The normalized spacial score (nSPS) is 16.9. The van der Waals surface area contributed by atoms with Crippen molar-refractivity contribution in [3.8, 4) is 0 Å². The van der Waals surface area contributed by atoms with Gasteiger partial charge in [-0.1, -0.05) is 0 Å². The lowest BCUT2D eigenvalue weighted by molar-refractivity contribution is -0.117. The molecule has 4 nitrogen and oxygen atoms in total. The van der Waals surface area contributed by atoms with E-state index in [2.05, 4.69) is 28.0 Å². The summed E-state index contributed by atoms with van der Waals surface area (Å²) >= 11 is 3.71. The highest BCUT2D eigenvalue weighted by Crippen LogP contribution is 2.22. The van der Waals surface area contributed by atoms with Crippen molar-refractivity contribution in [3.05, 3.63) is 55.8 Å². The molecule has 6 heteroatoms. The number of nitrogens with zero attached hydrogens (tertiary/aromatic N) is 1. The van der Waals surface area contributed by atoms with Crippen molar-refractivity contribution in [2.24, 2.45) is 0 Å². The number of carbonyl (C=O) groups excluding carboxylic acids is 2. The molecule has 0 bridgehead atoms. The fourth-order valence-corrected chi connectivity index (χ4v) is 2.83. The number of anilines is 1. The van der Waals surface area contributed by atoms with Gasteiger partial charge in [0.15, 0.2) is 0 Å². The minimum Gasteiger partial charge on any atom is -0.267 e. The van der Waals surface area contributed by atoms with Crippen molar-refractivity contribution < 1.29 is 9.59 Å². The lowest BCUT2D eigenvalue weighted by Gasteiger charge is -2.14. The van der Waals surface area contributed by atoms with E-state index >= 15 is 0 Å². The van der Waals surface area contributed by atoms with Crippen LogP contribution in [0.25, 0.3) is 6.08 Å². The molecule has 100 valence electrons. The third-order valence-corrected chi connectivity index (χ3v) is 4.25. The fourth-order valence-electron chi connectivity index (χ4n) is 1.85. The first-order chi connectivity index (χ1) is 9.65. The molecule has 2 amide bonds. The Morgan fingerprint density at radius 1 is 1.15 bits per heavy atom. The van der Waals surface area contributed by atoms with Gasteiger partial charge < -0.3 is 0 Å². The van der Waals surface area contributed by atoms with E-state index in [4.69, 9.17) is 0 Å². The smallest absolute Gasteiger partial charge is 0.267 e. The van der Waals surface area contributed by atoms with Gasteiger partial charge in [0.05, 0.1) is 5.69 Å². The number of halogens is 1. The average molecular weight is 396 g/mol. The molecule has 0 radical (unpaired) electrons. The zero-order valence-corrected chi connectivity index (χ0v) is 13.1. The van der Waals surface area contributed by atoms with Crippen LogP contribution < -0.4 is 10.4 Å². The van der Waals surface area contributed by atoms with Crippen LogP contribution in [0.1, 0.15) is 5.56 Å². The molecule has 2 aromatic rings. The molecule has 20 heavy (non-hydrogen) atoms. The summed E-state index contributed by atoms with van der Waals surface area (Å²) < 4.78 is 1.07. The second kappa shape index (κ2) is 5.37. The summed E-state index contributed by atoms with van der Waals surface area (Å²) in [4.78, 5) is 24.2. The van der Waals surface area contributed by atoms with Crippen molar-refractivity contribution >= 4 is 57.5 Å². The number of benzene rings is 1. The van der Waals surface area contributed by atoms with Crippen molar-refractivity contribution in [2.45, 2.75) is 0 Å². The van der Waals surface area contributed by atoms with Crippen molar-refractivity contribution in [1.29, 1.82) is 0 Å². The van der Waals surface area contributed by atoms with Crippen molar-refractivity contribution in [2.75, 3.05) is 5.01 Å². The van der Waals surface area contributed by atoms with E-state index in [1.807, 2.05) is 29.0 Å². The van der Waals surface area contributed by atoms with Gasteiger partial charge in [-0.3, -0.25) is 15.0 Å². The van der Waals surface area contributed by atoms with Crippen LogP contribution in [0.5, 0.6) is 0 Å². The molecule has 1 N–H and O–H groups in total. The minimum absolute atomic E-state index is 0.155. The van der Waals surface area contributed by atoms with E-state index < -0.39 is 0 Å². The molecule has 1 saturated heterocycles. The molecule has 1 fully saturated rings. The Morgan fingerprint density at radius 2 is 1.90 bits per heavy atom. The number of hydrogen-bond donors (Lipinski definition) is 1. The average Bonchev–Trinajstić information content (AvgIpc) is 3.04. The number of amides is 2. The Morgan fingerprint density at radius 3 is 2.55 bits per heavy atom. The minimum atomic E-state index is -0.375. The summed E-state index contributed by atoms with van der Waals surface area (Å²) in [7, 11) is 0. The predicted molar refractivity (Wildman–Crippen MR) is 87.1 cm³/mol. The Labute approximate surface area is 133 Å². The molecule has 1 aromatic heterocycles. The Balaban J connectivity index is 1.92. The lowest BCUT2D eigenvalue weighted by Crippen LogP contribution is -2.35. The number of hydrogen-bond acceptors (Lipinski definition) is 3. The molecule has 3 rings (SSSR count). The molecule has 0 unspecified atom stereocenters. The summed E-state index contributed by atoms with van der Waals surface area (Å²) in [5, 5.41) is 5.07. The summed E-state index contributed by atoms with van der Waals surface area (Å²) in [6.07, 6.45) is 1.61. The molecule has 0 spiro atoms. The van der Waals surface area contributed by atoms with Gasteiger partial charge >= 0.3 is 0 Å². The highest BCUT2D eigenvalue weighted by Gasteiger charge is 2.34. The van der Waals surface area contributed by atoms with E-state index in [0.717, 1.165) is 9.13 Å². The third kappa shape index (κ3) is 2.48. The fraction of sp³-hybridized carbons (Fsp3) is 0. The third-order valence-electron chi connectivity index (χ3n) is 2.83. The van der Waals surface area contributed by atoms with Crippen LogP contribution in [0.4, 0.5) is 5.69 Å². The van der Waals surface area contributed by atoms with E-state index in [1.54, 1.807) is 18.2 Å². The standard InChI is InChI=1S/C14H9IN2O2S/c15-10-1-3-11(4-2-10)17-14(19)12(13(18)16-17)7-9-5-6-20-8-9/h1-8H,(H,16,18)/b12-7-. The molecule has 1 aliphatic rings. The zero-order chi connectivity index (χ0) is 14.1. The lowest BCUT2D eigenvalue weighted by atomic mass is 10.2. The SMILES string of the molecule is O=C1NN(c2ccc(I)cc2)C(=O)/C1=C\c1ccsc1. The maximum atomic E-state index is 12.3. The van der Waals surface area contributed by atoms with E-state index in [0.29, 0.717) is 5.69 Å². The first kappa shape index (κ1) is 13.3. The Kier molecular flexibility index (Phi) is 3.58. The first-order valence-corrected chi connectivity index (χ1v) is 7.82. The van der Waals surface area contributed by atoms with Crippen LogP contribution in [0.3, 0.4) is 0 Å². The summed E-state index contributed by atoms with van der Waals surface area (Å²) in [5.74, 6) is -0.706. The van der Waals surface area contributed by atoms with Gasteiger partial charge in [-0.2, -0.15) is 11.3 Å². The van der Waals surface area contributed by atoms with E-state index in [-0.39, 0.29) is 17.4 Å². The van der Waals surface area contributed by atoms with Gasteiger partial charge in [-0.05, 0) is 75.3 Å². The summed E-state index contributed by atoms with van der Waals surface area (Å²) in [6, 6.07) is 9.23. The molecule has 1 aliphatic heterocycles. The van der Waals surface area contributed by atoms with Crippen molar-refractivity contribution in [1.82, 2.24) is 5.43 Å². The number of nitrogens with one attached hydrogen (secondary N) is 1. The highest BCUT2D eigenvalue weighted by molar-refractivity contribution is 14.1. The van der Waals surface area contributed by atoms with Crippen molar-refractivity contribution in [3.63, 3.8) is 0 Å². The maximum absolute atomic E-state index is 12.3. The topological polar surface area (TPSA) is 49.4 Å². The quantitative estimate of drug-likeness (QED) is 0.482. The Hall–Kier alpha value is -1.67. The van der Waals surface area contributed by atoms with Crippen LogP contribution in [0, 0.1) is 3.57 Å². The monoisotopic (exact) mass is 396 g/mol. The van der Waals surface area contributed by atoms with Crippen LogP contribution in [-0.4, -0.2) is 11.8 Å². The molecule has 0 saturated carbocycles. The molecular weight excluding hydrogens is 387 g/mol. The van der Waals surface area contributed by atoms with Gasteiger partial charge in [0.2, 0.25) is 0 Å². The Bertz CT molecular complexity index is 692. The van der Waals surface area contributed by atoms with Gasteiger partial charge in [0.1, 0.15) is 5.57 Å². The van der Waals surface area contributed by atoms with E-state index in [9.17, 15) is 9.59 Å². The molecule has 0 atom stereocenters. The summed E-state index contributed by atoms with van der Waals surface area (Å²) in [5.41, 5.74) is 4.24. The first-order valence-electron chi connectivity index (χ1n) is 5.80. The van der Waals surface area contributed by atoms with Crippen LogP contribution >= 0.6 is 33.9 Å². The second-order valence-electron chi connectivity index (χ2n) is 4.17. The van der Waals surface area contributed by atoms with Gasteiger partial charge in [0.25, 0.3) is 11.8 Å². The second-order valence-corrected chi connectivity index (χ2v) is 6.20. The number of thiophene rings is 1. The number of carbonyl (C=O) groups is 2. The molecule has 0 aliphatic carbocycles. The highest BCUT2D eigenvalue weighted by atomic mass is 127. The summed E-state index contributed by atoms with van der Waals surface area (Å²) in [6.45, 7) is 0. The predicted octanol–water partition coefficient (Wildman–Crippen LogP) is 2.81. The van der Waals surface area contributed by atoms with Gasteiger partial charge in [-0.15, -0.1) is 0 Å². The molecule has 1 aromatic carbocycles. The van der Waals surface area contributed by atoms with Gasteiger partial charge in [0, 0.05) is 3.57 Å². The number of rotatable bonds is 2. The maximum Gasteiger partial charge on any atom is 0.282 e. The van der Waals surface area contributed by atoms with Crippen LogP contribution in [-0.2, 0) is 9.59 Å². The van der Waals surface area contributed by atoms with Gasteiger partial charge in [-0.25, -0.2) is 5.01 Å². The number of hydrazine groups is 1. The van der Waals surface area contributed by atoms with Crippen LogP contribution in [0.15, 0.2) is 46.7 Å².